The van der Waals surface area contributed by atoms with E-state index in [0.717, 1.165) is 48.3 Å². The fourth-order valence-corrected chi connectivity index (χ4v) is 3.71. The number of primary amides is 1. The molecule has 0 radical (unpaired) electrons. The molecule has 0 aliphatic rings. The number of aryl methyl sites for hydroxylation is 1. The molecule has 4 heteroatoms. The van der Waals surface area contributed by atoms with E-state index >= 15 is 0 Å². The summed E-state index contributed by atoms with van der Waals surface area (Å²) in [5.41, 5.74) is 11.2. The van der Waals surface area contributed by atoms with Gasteiger partial charge in [0, 0.05) is 23.5 Å². The summed E-state index contributed by atoms with van der Waals surface area (Å²) in [5.74, 6) is -0.737. The van der Waals surface area contributed by atoms with Crippen LogP contribution < -0.4 is 5.73 Å². The Morgan fingerprint density at radius 2 is 1.70 bits per heavy atom. The van der Waals surface area contributed by atoms with Crippen LogP contribution in [0.3, 0.4) is 0 Å². The molecule has 1 amide bonds. The van der Waals surface area contributed by atoms with Crippen LogP contribution in [-0.2, 0) is 19.4 Å². The normalized spacial score (nSPS) is 10.9. The summed E-state index contributed by atoms with van der Waals surface area (Å²) in [6, 6.07) is 16.6. The van der Waals surface area contributed by atoms with Crippen LogP contribution in [0.5, 0.6) is 0 Å². The Morgan fingerprint density at radius 1 is 1.04 bits per heavy atom. The van der Waals surface area contributed by atoms with Gasteiger partial charge in [0.25, 0.3) is 5.91 Å². The van der Waals surface area contributed by atoms with E-state index in [9.17, 15) is 9.18 Å². The highest BCUT2D eigenvalue weighted by Crippen LogP contribution is 2.34. The fourth-order valence-electron chi connectivity index (χ4n) is 3.71. The maximum Gasteiger partial charge on any atom is 0.251 e. The third-order valence-corrected chi connectivity index (χ3v) is 4.96. The van der Waals surface area contributed by atoms with Crippen molar-refractivity contribution in [3.63, 3.8) is 0 Å². The number of amides is 1. The van der Waals surface area contributed by atoms with Gasteiger partial charge in [-0.05, 0) is 43.0 Å². The molecule has 0 atom stereocenters. The zero-order valence-electron chi connectivity index (χ0n) is 15.8. The van der Waals surface area contributed by atoms with Crippen LogP contribution in [0.25, 0.3) is 11.1 Å². The van der Waals surface area contributed by atoms with E-state index in [2.05, 4.69) is 23.6 Å². The number of hydrogen-bond donors (Lipinski definition) is 1. The lowest BCUT2D eigenvalue weighted by molar-refractivity contribution is 0.1000. The molecule has 0 fully saturated rings. The van der Waals surface area contributed by atoms with Gasteiger partial charge >= 0.3 is 0 Å². The molecule has 2 aromatic carbocycles. The van der Waals surface area contributed by atoms with Crippen LogP contribution >= 0.6 is 0 Å². The molecule has 140 valence electrons. The Bertz CT molecular complexity index is 927. The van der Waals surface area contributed by atoms with Gasteiger partial charge in [-0.2, -0.15) is 0 Å². The minimum atomic E-state index is -0.442. The summed E-state index contributed by atoms with van der Waals surface area (Å²) in [4.78, 5) is 12.3. The summed E-state index contributed by atoms with van der Waals surface area (Å²) in [7, 11) is 0. The van der Waals surface area contributed by atoms with E-state index in [1.807, 2.05) is 25.1 Å². The predicted molar refractivity (Wildman–Crippen MR) is 107 cm³/mol. The van der Waals surface area contributed by atoms with Crippen LogP contribution in [0.15, 0.2) is 54.6 Å². The number of halogens is 1. The van der Waals surface area contributed by atoms with Crippen molar-refractivity contribution in [3.8, 4) is 11.1 Å². The van der Waals surface area contributed by atoms with Gasteiger partial charge < -0.3 is 10.3 Å². The van der Waals surface area contributed by atoms with Crippen LogP contribution in [0.1, 0.15) is 40.7 Å². The molecule has 3 rings (SSSR count). The van der Waals surface area contributed by atoms with Crippen molar-refractivity contribution in [2.24, 2.45) is 5.73 Å². The van der Waals surface area contributed by atoms with Crippen molar-refractivity contribution in [2.45, 2.75) is 39.7 Å². The van der Waals surface area contributed by atoms with Crippen LogP contribution in [0.4, 0.5) is 4.39 Å². The Hall–Kier alpha value is -2.88. The number of carbonyl (C=O) groups excluding carboxylic acids is 1. The molecule has 0 aliphatic carbocycles. The lowest BCUT2D eigenvalue weighted by Crippen LogP contribution is -2.14. The van der Waals surface area contributed by atoms with Gasteiger partial charge in [-0.1, -0.05) is 55.8 Å². The van der Waals surface area contributed by atoms with Gasteiger partial charge in [-0.25, -0.2) is 4.39 Å². The van der Waals surface area contributed by atoms with Crippen molar-refractivity contribution in [1.82, 2.24) is 4.57 Å². The molecule has 0 unspecified atom stereocenters. The van der Waals surface area contributed by atoms with Crippen LogP contribution in [0.2, 0.25) is 0 Å². The minimum absolute atomic E-state index is 0.295. The van der Waals surface area contributed by atoms with Crippen molar-refractivity contribution < 1.29 is 9.18 Å². The van der Waals surface area contributed by atoms with Crippen molar-refractivity contribution in [2.75, 3.05) is 0 Å². The quantitative estimate of drug-likeness (QED) is 0.637. The Balaban J connectivity index is 2.10. The van der Waals surface area contributed by atoms with Crippen molar-refractivity contribution in [3.05, 3.63) is 82.9 Å². The van der Waals surface area contributed by atoms with Crippen LogP contribution in [-0.4, -0.2) is 10.5 Å². The monoisotopic (exact) mass is 364 g/mol. The molecule has 0 saturated carbocycles. The van der Waals surface area contributed by atoms with E-state index in [-0.39, 0.29) is 5.82 Å². The van der Waals surface area contributed by atoms with Gasteiger partial charge in [-0.15, -0.1) is 0 Å². The largest absolute Gasteiger partial charge is 0.366 e. The number of rotatable bonds is 7. The fraction of sp³-hybridized carbons (Fsp3) is 0.261. The first-order chi connectivity index (χ1) is 13.0. The van der Waals surface area contributed by atoms with Gasteiger partial charge in [0.2, 0.25) is 0 Å². The van der Waals surface area contributed by atoms with E-state index in [1.54, 1.807) is 12.1 Å². The second kappa shape index (κ2) is 8.21. The predicted octanol–water partition coefficient (Wildman–Crippen LogP) is 4.90. The number of aromatic nitrogens is 1. The summed E-state index contributed by atoms with van der Waals surface area (Å²) in [6.45, 7) is 4.83. The molecule has 0 aliphatic heterocycles. The number of carbonyl (C=O) groups is 1. The molecule has 3 nitrogen and oxygen atoms in total. The average Bonchev–Trinajstić information content (AvgIpc) is 2.94. The summed E-state index contributed by atoms with van der Waals surface area (Å²) >= 11 is 0. The van der Waals surface area contributed by atoms with Gasteiger partial charge in [0.15, 0.2) is 0 Å². The second-order valence-electron chi connectivity index (χ2n) is 6.79. The van der Waals surface area contributed by atoms with E-state index in [1.165, 1.54) is 17.7 Å². The molecule has 0 saturated heterocycles. The summed E-state index contributed by atoms with van der Waals surface area (Å²) in [5, 5.41) is 0. The number of nitrogens with zero attached hydrogens (tertiary/aromatic N) is 1. The first-order valence-corrected chi connectivity index (χ1v) is 9.34. The molecule has 1 aromatic heterocycles. The van der Waals surface area contributed by atoms with E-state index < -0.39 is 5.91 Å². The van der Waals surface area contributed by atoms with Crippen molar-refractivity contribution >= 4 is 5.91 Å². The van der Waals surface area contributed by atoms with Crippen LogP contribution in [0, 0.1) is 12.7 Å². The lowest BCUT2D eigenvalue weighted by atomic mass is 9.98. The third-order valence-electron chi connectivity index (χ3n) is 4.96. The maximum atomic E-state index is 13.4. The minimum Gasteiger partial charge on any atom is -0.366 e. The molecular formula is C23H25FN2O. The zero-order valence-corrected chi connectivity index (χ0v) is 15.8. The number of nitrogens with two attached hydrogens (primary N) is 1. The molecule has 0 bridgehead atoms. The number of benzene rings is 2. The molecular weight excluding hydrogens is 339 g/mol. The highest BCUT2D eigenvalue weighted by Gasteiger charge is 2.24. The Labute approximate surface area is 159 Å². The highest BCUT2D eigenvalue weighted by molar-refractivity contribution is 6.02. The second-order valence-corrected chi connectivity index (χ2v) is 6.79. The topological polar surface area (TPSA) is 48.0 Å². The molecule has 3 aromatic rings. The number of hydrogen-bond acceptors (Lipinski definition) is 1. The SMILES string of the molecule is CCCc1c(-c2ccc(F)cc2)c(C(N)=O)c(C)n1CCc1ccccc1. The highest BCUT2D eigenvalue weighted by atomic mass is 19.1. The first kappa shape index (κ1) is 18.9. The Morgan fingerprint density at radius 3 is 2.30 bits per heavy atom. The zero-order chi connectivity index (χ0) is 19.4. The smallest absolute Gasteiger partial charge is 0.251 e. The van der Waals surface area contributed by atoms with Gasteiger partial charge in [-0.3, -0.25) is 4.79 Å². The molecule has 1 heterocycles. The van der Waals surface area contributed by atoms with E-state index in [0.29, 0.717) is 5.56 Å². The summed E-state index contributed by atoms with van der Waals surface area (Å²) < 4.78 is 15.6. The third kappa shape index (κ3) is 3.95. The van der Waals surface area contributed by atoms with Crippen molar-refractivity contribution in [1.29, 1.82) is 0 Å². The maximum absolute atomic E-state index is 13.4. The standard InChI is InChI=1S/C23H25FN2O/c1-3-7-20-22(18-10-12-19(24)13-11-18)21(23(25)27)16(2)26(20)15-14-17-8-5-4-6-9-17/h4-6,8-13H,3,7,14-15H2,1-2H3,(H2,25,27). The molecule has 2 N–H and O–H groups in total. The molecule has 0 spiro atoms. The summed E-state index contributed by atoms with van der Waals surface area (Å²) in [6.07, 6.45) is 2.64. The lowest BCUT2D eigenvalue weighted by Gasteiger charge is -2.13. The van der Waals surface area contributed by atoms with E-state index in [4.69, 9.17) is 5.73 Å². The average molecular weight is 364 g/mol. The molecule has 27 heavy (non-hydrogen) atoms. The first-order valence-electron chi connectivity index (χ1n) is 9.34. The van der Waals surface area contributed by atoms with Gasteiger partial charge in [0.05, 0.1) is 5.56 Å². The van der Waals surface area contributed by atoms with Gasteiger partial charge in [0.1, 0.15) is 5.82 Å². The Kier molecular flexibility index (Phi) is 5.75.